The van der Waals surface area contributed by atoms with Gasteiger partial charge in [-0.25, -0.2) is 4.68 Å². The van der Waals surface area contributed by atoms with E-state index in [0.29, 0.717) is 13.0 Å². The van der Waals surface area contributed by atoms with E-state index in [1.165, 1.54) is 12.8 Å². The van der Waals surface area contributed by atoms with Gasteiger partial charge in [0, 0.05) is 13.7 Å². The molecule has 5 heteroatoms. The van der Waals surface area contributed by atoms with Crippen LogP contribution in [-0.2, 0) is 24.3 Å². The monoisotopic (exact) mass is 222 g/mol. The van der Waals surface area contributed by atoms with E-state index in [1.807, 2.05) is 4.68 Å². The molecular formula is C11H18N4O. The maximum absolute atomic E-state index is 8.67. The van der Waals surface area contributed by atoms with Gasteiger partial charge < -0.3 is 4.74 Å². The summed E-state index contributed by atoms with van der Waals surface area (Å²) in [7, 11) is 1.64. The Labute approximate surface area is 96.0 Å². The highest BCUT2D eigenvalue weighted by atomic mass is 16.5. The van der Waals surface area contributed by atoms with Gasteiger partial charge in [-0.15, -0.1) is 5.10 Å². The zero-order valence-corrected chi connectivity index (χ0v) is 9.94. The molecule has 1 rings (SSSR count). The SMILES string of the molecule is CCCCCn1nnc(CC#N)c1COC. The van der Waals surface area contributed by atoms with Gasteiger partial charge in [0.15, 0.2) is 0 Å². The van der Waals surface area contributed by atoms with E-state index >= 15 is 0 Å². The largest absolute Gasteiger partial charge is 0.378 e. The molecule has 0 bridgehead atoms. The summed E-state index contributed by atoms with van der Waals surface area (Å²) in [6, 6.07) is 2.09. The molecule has 0 aliphatic rings. The molecule has 0 atom stereocenters. The van der Waals surface area contributed by atoms with Gasteiger partial charge in [-0.1, -0.05) is 25.0 Å². The highest BCUT2D eigenvalue weighted by molar-refractivity contribution is 5.13. The molecule has 0 aliphatic heterocycles. The molecule has 0 fully saturated rings. The van der Waals surface area contributed by atoms with E-state index < -0.39 is 0 Å². The van der Waals surface area contributed by atoms with Gasteiger partial charge in [0.25, 0.3) is 0 Å². The summed E-state index contributed by atoms with van der Waals surface area (Å²) in [5.41, 5.74) is 1.67. The van der Waals surface area contributed by atoms with Gasteiger partial charge in [-0.2, -0.15) is 5.26 Å². The fraction of sp³-hybridized carbons (Fsp3) is 0.727. The Bertz CT molecular complexity index is 353. The van der Waals surface area contributed by atoms with Crippen molar-refractivity contribution in [1.82, 2.24) is 15.0 Å². The summed E-state index contributed by atoms with van der Waals surface area (Å²) in [6.45, 7) is 3.49. The summed E-state index contributed by atoms with van der Waals surface area (Å²) < 4.78 is 6.96. The average Bonchev–Trinajstić information content (AvgIpc) is 2.64. The number of aryl methyl sites for hydroxylation is 1. The third-order valence-corrected chi connectivity index (χ3v) is 2.42. The van der Waals surface area contributed by atoms with Crippen molar-refractivity contribution in [3.8, 4) is 6.07 Å². The van der Waals surface area contributed by atoms with Crippen LogP contribution in [0, 0.1) is 11.3 Å². The van der Waals surface area contributed by atoms with Crippen molar-refractivity contribution < 1.29 is 4.74 Å². The highest BCUT2D eigenvalue weighted by Crippen LogP contribution is 2.09. The van der Waals surface area contributed by atoms with Crippen LogP contribution in [0.1, 0.15) is 37.6 Å². The molecule has 0 saturated carbocycles. The van der Waals surface area contributed by atoms with Crippen LogP contribution < -0.4 is 0 Å². The van der Waals surface area contributed by atoms with Crippen molar-refractivity contribution in [3.05, 3.63) is 11.4 Å². The third kappa shape index (κ3) is 3.31. The van der Waals surface area contributed by atoms with Crippen molar-refractivity contribution in [3.63, 3.8) is 0 Å². The Balaban J connectivity index is 2.71. The van der Waals surface area contributed by atoms with E-state index in [-0.39, 0.29) is 0 Å². The summed E-state index contributed by atoms with van der Waals surface area (Å²) in [5, 5.41) is 16.7. The average molecular weight is 222 g/mol. The Morgan fingerprint density at radius 2 is 2.25 bits per heavy atom. The van der Waals surface area contributed by atoms with Gasteiger partial charge in [-0.05, 0) is 6.42 Å². The van der Waals surface area contributed by atoms with Gasteiger partial charge in [0.05, 0.1) is 24.8 Å². The lowest BCUT2D eigenvalue weighted by molar-refractivity contribution is 0.175. The van der Waals surface area contributed by atoms with Gasteiger partial charge >= 0.3 is 0 Å². The molecule has 0 saturated heterocycles. The molecule has 0 aromatic carbocycles. The van der Waals surface area contributed by atoms with E-state index in [4.69, 9.17) is 10.00 Å². The van der Waals surface area contributed by atoms with E-state index in [0.717, 1.165) is 24.4 Å². The van der Waals surface area contributed by atoms with Crippen molar-refractivity contribution in [2.45, 2.75) is 45.8 Å². The lowest BCUT2D eigenvalue weighted by Gasteiger charge is -2.05. The van der Waals surface area contributed by atoms with Gasteiger partial charge in [0.1, 0.15) is 5.69 Å². The number of nitrogens with zero attached hydrogens (tertiary/aromatic N) is 4. The normalized spacial score (nSPS) is 10.3. The maximum Gasteiger partial charge on any atom is 0.102 e. The standard InChI is InChI=1S/C11H18N4O/c1-3-4-5-8-15-11(9-16-2)10(6-7-12)13-14-15/h3-6,8-9H2,1-2H3. The minimum absolute atomic E-state index is 0.298. The van der Waals surface area contributed by atoms with Crippen LogP contribution in [0.15, 0.2) is 0 Å². The zero-order valence-electron chi connectivity index (χ0n) is 9.94. The molecule has 88 valence electrons. The molecule has 0 spiro atoms. The number of unbranched alkanes of at least 4 members (excludes halogenated alkanes) is 2. The Morgan fingerprint density at radius 3 is 2.88 bits per heavy atom. The number of rotatable bonds is 7. The lowest BCUT2D eigenvalue weighted by Crippen LogP contribution is -2.07. The van der Waals surface area contributed by atoms with Crippen LogP contribution >= 0.6 is 0 Å². The Hall–Kier alpha value is -1.41. The molecule has 0 radical (unpaired) electrons. The minimum Gasteiger partial charge on any atom is -0.378 e. The maximum atomic E-state index is 8.67. The molecule has 1 aromatic rings. The van der Waals surface area contributed by atoms with Crippen molar-refractivity contribution in [2.75, 3.05) is 7.11 Å². The first-order valence-electron chi connectivity index (χ1n) is 5.60. The van der Waals surface area contributed by atoms with E-state index in [1.54, 1.807) is 7.11 Å². The first-order valence-corrected chi connectivity index (χ1v) is 5.60. The fourth-order valence-electron chi connectivity index (χ4n) is 1.57. The second-order valence-corrected chi connectivity index (χ2v) is 3.68. The Morgan fingerprint density at radius 1 is 1.44 bits per heavy atom. The lowest BCUT2D eigenvalue weighted by atomic mass is 10.2. The first kappa shape index (κ1) is 12.7. The number of methoxy groups -OCH3 is 1. The third-order valence-electron chi connectivity index (χ3n) is 2.42. The molecule has 5 nitrogen and oxygen atoms in total. The topological polar surface area (TPSA) is 63.7 Å². The number of ether oxygens (including phenoxy) is 1. The predicted octanol–water partition coefficient (Wildman–Crippen LogP) is 1.68. The van der Waals surface area contributed by atoms with Crippen LogP contribution in [0.3, 0.4) is 0 Å². The Kier molecular flexibility index (Phi) is 5.51. The number of nitriles is 1. The van der Waals surface area contributed by atoms with Crippen molar-refractivity contribution in [1.29, 1.82) is 5.26 Å². The number of hydrogen-bond acceptors (Lipinski definition) is 4. The molecular weight excluding hydrogens is 204 g/mol. The van der Waals surface area contributed by atoms with Crippen molar-refractivity contribution in [2.24, 2.45) is 0 Å². The summed E-state index contributed by atoms with van der Waals surface area (Å²) >= 11 is 0. The second-order valence-electron chi connectivity index (χ2n) is 3.68. The van der Waals surface area contributed by atoms with E-state index in [9.17, 15) is 0 Å². The van der Waals surface area contributed by atoms with Crippen LogP contribution in [0.2, 0.25) is 0 Å². The molecule has 0 amide bonds. The highest BCUT2D eigenvalue weighted by Gasteiger charge is 2.11. The second kappa shape index (κ2) is 6.96. The number of aromatic nitrogens is 3. The first-order chi connectivity index (χ1) is 7.83. The predicted molar refractivity (Wildman–Crippen MR) is 59.6 cm³/mol. The smallest absolute Gasteiger partial charge is 0.102 e. The molecule has 16 heavy (non-hydrogen) atoms. The quantitative estimate of drug-likeness (QED) is 0.658. The molecule has 0 aliphatic carbocycles. The molecule has 1 heterocycles. The minimum atomic E-state index is 0.298. The van der Waals surface area contributed by atoms with Crippen molar-refractivity contribution >= 4 is 0 Å². The number of hydrogen-bond donors (Lipinski definition) is 0. The van der Waals surface area contributed by atoms with Crippen LogP contribution in [0.4, 0.5) is 0 Å². The molecule has 0 N–H and O–H groups in total. The van der Waals surface area contributed by atoms with Crippen LogP contribution in [0.25, 0.3) is 0 Å². The van der Waals surface area contributed by atoms with Gasteiger partial charge in [0.2, 0.25) is 0 Å². The molecule has 0 unspecified atom stereocenters. The summed E-state index contributed by atoms with van der Waals surface area (Å²) in [6.07, 6.45) is 3.74. The molecule has 1 aromatic heterocycles. The summed E-state index contributed by atoms with van der Waals surface area (Å²) in [4.78, 5) is 0. The van der Waals surface area contributed by atoms with Crippen LogP contribution in [0.5, 0.6) is 0 Å². The van der Waals surface area contributed by atoms with E-state index in [2.05, 4.69) is 23.3 Å². The van der Waals surface area contributed by atoms with Crippen LogP contribution in [-0.4, -0.2) is 22.1 Å². The fourth-order valence-corrected chi connectivity index (χ4v) is 1.57. The zero-order chi connectivity index (χ0) is 11.8. The summed E-state index contributed by atoms with van der Waals surface area (Å²) in [5.74, 6) is 0. The van der Waals surface area contributed by atoms with Gasteiger partial charge in [-0.3, -0.25) is 0 Å².